The third-order valence-electron chi connectivity index (χ3n) is 18.0. The zero-order valence-electron chi connectivity index (χ0n) is 37.5. The second-order valence-corrected chi connectivity index (χ2v) is 23.7. The van der Waals surface area contributed by atoms with Gasteiger partial charge in [0, 0.05) is 35.1 Å². The number of aliphatic hydroxyl groups excluding tert-OH is 5. The largest absolute Gasteiger partial charge is 0.511 e. The van der Waals surface area contributed by atoms with Crippen LogP contribution in [0.1, 0.15) is 102 Å². The van der Waals surface area contributed by atoms with Gasteiger partial charge in [0.1, 0.15) is 46.6 Å². The lowest BCUT2D eigenvalue weighted by Gasteiger charge is -2.63. The highest BCUT2D eigenvalue weighted by molar-refractivity contribution is 8.76. The van der Waals surface area contributed by atoms with Gasteiger partial charge in [-0.1, -0.05) is 83.0 Å². The number of fused-ring (bicyclic) bond motifs is 5. The molecule has 11 atom stereocenters. The summed E-state index contributed by atoms with van der Waals surface area (Å²) in [6.45, 7) is -0.381. The third-order valence-corrected chi connectivity index (χ3v) is 20.2. The summed E-state index contributed by atoms with van der Waals surface area (Å²) < 4.78 is 13.0. The van der Waals surface area contributed by atoms with Gasteiger partial charge in [-0.3, -0.25) is 9.59 Å². The molecule has 8 N–H and O–H groups in total. The summed E-state index contributed by atoms with van der Waals surface area (Å²) in [6.07, 6.45) is 12.2. The fraction of sp³-hybridized carbons (Fsp3) is 0.558. The Bertz CT molecular complexity index is 2520. The highest BCUT2D eigenvalue weighted by atomic mass is 33.1. The number of hydrogen-bond acceptors (Lipinski definition) is 15. The normalized spacial score (nSPS) is 39.6. The van der Waals surface area contributed by atoms with E-state index in [2.05, 4.69) is 22.8 Å². The molecule has 4 spiro atoms. The summed E-state index contributed by atoms with van der Waals surface area (Å²) in [5.74, 6) is -2.24. The number of aliphatic hydroxyl groups is 6. The molecular weight excluding hydrogens is 893 g/mol. The SMILES string of the molecule is O=C[C@H]1CC2(CCCC2)C[C@]12CC[C@@]1(C2)C2=CCNC(=C2)NCSSC[C@]23C(=O)c4c(cccc4C(=O)[C@H]2C=C(Cc2cccc(CO)c2)C=C3O)O[C@@H]2O[C@@]3(CO)CC[C@H]1[C@](O)([C@@H]3O)[C@H]2O. The van der Waals surface area contributed by atoms with Crippen LogP contribution in [0.25, 0.3) is 0 Å². The standard InChI is InChI=1S/C52H60N2O11S2/c55-23-31-6-3-5-30(17-31)18-32-19-36-42(59)35-7-4-8-37-41(35)43(60)51(36,39(58)20-32)28-66-67-29-54-40-21-33(10-16-53-40)49(15-14-48(26-49)25-47(11-1-2-12-47)22-34(48)24-56)38-9-13-50(27-57)46(62)52(38,63)44(61)45(64-37)65-50/h3-8,10,17,19-21,24,34,36,38,44-46,53-55,57-58,61-63H,1-2,9,11-16,18,22-23,25-29H2/t34-,36-,38-,44+,45-,46-,48+,49-,50-,51+,52-/m1/s1. The van der Waals surface area contributed by atoms with Crippen LogP contribution in [0.2, 0.25) is 0 Å². The molecule has 13 nitrogen and oxygen atoms in total. The van der Waals surface area contributed by atoms with Crippen molar-refractivity contribution in [3.05, 3.63) is 112 Å². The molecule has 5 fully saturated rings. The highest BCUT2D eigenvalue weighted by Crippen LogP contribution is 2.73. The van der Waals surface area contributed by atoms with Crippen LogP contribution in [0.4, 0.5) is 0 Å². The van der Waals surface area contributed by atoms with Crippen LogP contribution in [0, 0.1) is 39.4 Å². The monoisotopic (exact) mass is 952 g/mol. The molecule has 3 aliphatic heterocycles. The molecule has 9 aliphatic rings. The fourth-order valence-corrected chi connectivity index (χ4v) is 17.2. The number of Topliss-reactive ketones (excluding diaryl/α,β-unsaturated/α-hetero) is 2. The van der Waals surface area contributed by atoms with E-state index in [1.165, 1.54) is 27.7 Å². The van der Waals surface area contributed by atoms with Gasteiger partial charge in [-0.2, -0.15) is 0 Å². The van der Waals surface area contributed by atoms with Crippen molar-refractivity contribution in [2.45, 2.75) is 113 Å². The lowest BCUT2D eigenvalue weighted by atomic mass is 9.51. The third kappa shape index (κ3) is 6.76. The number of allylic oxidation sites excluding steroid dienone is 6. The van der Waals surface area contributed by atoms with Crippen LogP contribution >= 0.6 is 21.6 Å². The van der Waals surface area contributed by atoms with Crippen molar-refractivity contribution < 1.29 is 54.5 Å². The number of aldehydes is 1. The van der Waals surface area contributed by atoms with Crippen LogP contribution in [0.3, 0.4) is 0 Å². The Balaban J connectivity index is 1.02. The maximum Gasteiger partial charge on any atom is 0.229 e. The second kappa shape index (κ2) is 16.6. The molecule has 67 heavy (non-hydrogen) atoms. The van der Waals surface area contributed by atoms with Crippen molar-refractivity contribution in [2.24, 2.45) is 39.4 Å². The number of dihydropyridines is 1. The maximum absolute atomic E-state index is 15.4. The second-order valence-electron chi connectivity index (χ2n) is 21.2. The summed E-state index contributed by atoms with van der Waals surface area (Å²) in [7, 11) is 2.80. The molecule has 1 saturated heterocycles. The van der Waals surface area contributed by atoms with Gasteiger partial charge in [0.25, 0.3) is 0 Å². The minimum absolute atomic E-state index is 0.0144. The molecule has 0 unspecified atom stereocenters. The lowest BCUT2D eigenvalue weighted by Crippen LogP contribution is -2.79. The Morgan fingerprint density at radius 3 is 2.52 bits per heavy atom. The van der Waals surface area contributed by atoms with Crippen molar-refractivity contribution in [3.8, 4) is 5.75 Å². The first-order valence-corrected chi connectivity index (χ1v) is 26.4. The Labute approximate surface area is 397 Å². The minimum atomic E-state index is -2.32. The molecule has 0 radical (unpaired) electrons. The number of rotatable bonds is 5. The molecule has 0 aromatic heterocycles. The smallest absolute Gasteiger partial charge is 0.229 e. The van der Waals surface area contributed by atoms with Crippen molar-refractivity contribution in [1.29, 1.82) is 0 Å². The number of hydrogen-bond donors (Lipinski definition) is 8. The van der Waals surface area contributed by atoms with Gasteiger partial charge in [-0.15, -0.1) is 0 Å². The predicted molar refractivity (Wildman–Crippen MR) is 252 cm³/mol. The molecular formula is C52H60N2O11S2. The van der Waals surface area contributed by atoms with Crippen LogP contribution in [0.5, 0.6) is 5.75 Å². The van der Waals surface area contributed by atoms with Gasteiger partial charge in [0.15, 0.2) is 11.6 Å². The van der Waals surface area contributed by atoms with E-state index in [9.17, 15) is 40.2 Å². The number of carbonyl (C=O) groups is 3. The van der Waals surface area contributed by atoms with Crippen LogP contribution in [-0.2, 0) is 22.6 Å². The van der Waals surface area contributed by atoms with E-state index >= 15 is 4.79 Å². The Hall–Kier alpha value is -3.93. The number of ketones is 2. The van der Waals surface area contributed by atoms with Crippen molar-refractivity contribution in [3.63, 3.8) is 0 Å². The molecule has 356 valence electrons. The maximum atomic E-state index is 15.4. The predicted octanol–water partition coefficient (Wildman–Crippen LogP) is 5.75. The molecule has 2 aromatic carbocycles. The topological polar surface area (TPSA) is 215 Å². The minimum Gasteiger partial charge on any atom is -0.511 e. The first-order valence-electron chi connectivity index (χ1n) is 24.0. The summed E-state index contributed by atoms with van der Waals surface area (Å²) in [6, 6.07) is 12.0. The van der Waals surface area contributed by atoms with Crippen molar-refractivity contribution in [2.75, 3.05) is 24.8 Å². The van der Waals surface area contributed by atoms with Crippen molar-refractivity contribution in [1.82, 2.24) is 10.6 Å². The molecule has 4 saturated carbocycles. The average molecular weight is 953 g/mol. The van der Waals surface area contributed by atoms with E-state index in [0.29, 0.717) is 37.3 Å². The van der Waals surface area contributed by atoms with Gasteiger partial charge in [-0.25, -0.2) is 0 Å². The summed E-state index contributed by atoms with van der Waals surface area (Å²) in [5.41, 5.74) is -3.73. The van der Waals surface area contributed by atoms with Crippen LogP contribution in [-0.4, -0.2) is 103 Å². The van der Waals surface area contributed by atoms with Gasteiger partial charge in [0.05, 0.1) is 36.4 Å². The fourth-order valence-electron chi connectivity index (χ4n) is 14.9. The molecule has 6 aliphatic carbocycles. The molecule has 15 heteroatoms. The number of carbonyl (C=O) groups excluding carboxylic acids is 3. The Morgan fingerprint density at radius 2 is 1.73 bits per heavy atom. The lowest BCUT2D eigenvalue weighted by molar-refractivity contribution is -0.383. The zero-order valence-corrected chi connectivity index (χ0v) is 39.1. The molecule has 2 aromatic rings. The van der Waals surface area contributed by atoms with Gasteiger partial charge < -0.3 is 55.5 Å². The Kier molecular flexibility index (Phi) is 11.3. The van der Waals surface area contributed by atoms with Crippen LogP contribution < -0.4 is 15.4 Å². The van der Waals surface area contributed by atoms with E-state index < -0.39 is 70.5 Å². The summed E-state index contributed by atoms with van der Waals surface area (Å²) in [5, 5.41) is 78.8. The molecule has 3 heterocycles. The molecule has 11 rings (SSSR count). The first kappa shape index (κ1) is 45.5. The van der Waals surface area contributed by atoms with E-state index in [4.69, 9.17) is 9.47 Å². The van der Waals surface area contributed by atoms with Gasteiger partial charge in [-0.05, 0) is 116 Å². The van der Waals surface area contributed by atoms with Gasteiger partial charge >= 0.3 is 0 Å². The summed E-state index contributed by atoms with van der Waals surface area (Å²) in [4.78, 5) is 43.5. The average Bonchev–Trinajstić information content (AvgIpc) is 4.04. The number of benzene rings is 2. The highest BCUT2D eigenvalue weighted by Gasteiger charge is 2.74. The van der Waals surface area contributed by atoms with Gasteiger partial charge in [0.2, 0.25) is 6.29 Å². The first-order chi connectivity index (χ1) is 32.3. The van der Waals surface area contributed by atoms with E-state index in [1.54, 1.807) is 24.3 Å². The quantitative estimate of drug-likeness (QED) is 0.132. The molecule has 0 amide bonds. The summed E-state index contributed by atoms with van der Waals surface area (Å²) >= 11 is 0. The molecule has 7 bridgehead atoms. The van der Waals surface area contributed by atoms with E-state index in [0.717, 1.165) is 73.8 Å². The Morgan fingerprint density at radius 1 is 0.925 bits per heavy atom. The zero-order chi connectivity index (χ0) is 46.6. The van der Waals surface area contributed by atoms with Crippen LogP contribution in [0.15, 0.2) is 89.5 Å². The number of ether oxygens (including phenoxy) is 2. The van der Waals surface area contributed by atoms with Crippen molar-refractivity contribution >= 4 is 39.4 Å². The van der Waals surface area contributed by atoms with E-state index in [1.807, 2.05) is 24.3 Å². The number of nitrogens with one attached hydrogen (secondary N) is 2. The van der Waals surface area contributed by atoms with E-state index in [-0.39, 0.29) is 64.6 Å².